The first-order chi connectivity index (χ1) is 8.65. The first-order valence-electron chi connectivity index (χ1n) is 5.81. The quantitative estimate of drug-likeness (QED) is 0.617. The lowest BCUT2D eigenvalue weighted by Gasteiger charge is -2.09. The standard InChI is InChI=1S/C11H19N5O2/c1-3-18-7-11-15-9(13-2)6-10(16-11)14-5-4-8(12)17/h6H,3-5,7H2,1-2H3,(H2,12,17)(H2,13,14,15,16). The molecule has 0 aliphatic carbocycles. The number of ether oxygens (including phenoxy) is 1. The van der Waals surface area contributed by atoms with Crippen molar-refractivity contribution in [1.29, 1.82) is 0 Å². The molecule has 0 bridgehead atoms. The van der Waals surface area contributed by atoms with Gasteiger partial charge in [-0.15, -0.1) is 0 Å². The topological polar surface area (TPSA) is 102 Å². The van der Waals surface area contributed by atoms with Crippen molar-refractivity contribution in [2.75, 3.05) is 30.8 Å². The Morgan fingerprint density at radius 2 is 2.17 bits per heavy atom. The van der Waals surface area contributed by atoms with Gasteiger partial charge in [0.25, 0.3) is 0 Å². The Morgan fingerprint density at radius 1 is 1.44 bits per heavy atom. The number of nitrogens with zero attached hydrogens (tertiary/aromatic N) is 2. The van der Waals surface area contributed by atoms with Crippen LogP contribution >= 0.6 is 0 Å². The molecule has 100 valence electrons. The van der Waals surface area contributed by atoms with Crippen LogP contribution < -0.4 is 16.4 Å². The number of carbonyl (C=O) groups is 1. The number of aromatic nitrogens is 2. The van der Waals surface area contributed by atoms with Gasteiger partial charge in [0.2, 0.25) is 5.91 Å². The number of nitrogens with one attached hydrogen (secondary N) is 2. The van der Waals surface area contributed by atoms with Gasteiger partial charge in [-0.1, -0.05) is 0 Å². The molecule has 1 amide bonds. The van der Waals surface area contributed by atoms with Gasteiger partial charge in [0.1, 0.15) is 18.2 Å². The van der Waals surface area contributed by atoms with Gasteiger partial charge in [0.05, 0.1) is 0 Å². The smallest absolute Gasteiger partial charge is 0.219 e. The molecule has 7 heteroatoms. The minimum absolute atomic E-state index is 0.264. The van der Waals surface area contributed by atoms with Crippen LogP contribution in [0.2, 0.25) is 0 Å². The van der Waals surface area contributed by atoms with Crippen molar-refractivity contribution in [2.24, 2.45) is 5.73 Å². The van der Waals surface area contributed by atoms with Gasteiger partial charge in [-0.3, -0.25) is 4.79 Å². The predicted molar refractivity (Wildman–Crippen MR) is 69.2 cm³/mol. The Bertz CT molecular complexity index is 397. The van der Waals surface area contributed by atoms with Crippen LogP contribution in [0.5, 0.6) is 0 Å². The van der Waals surface area contributed by atoms with Gasteiger partial charge >= 0.3 is 0 Å². The van der Waals surface area contributed by atoms with E-state index in [1.54, 1.807) is 13.1 Å². The third kappa shape index (κ3) is 4.96. The number of hydrogen-bond donors (Lipinski definition) is 3. The molecule has 0 spiro atoms. The first-order valence-corrected chi connectivity index (χ1v) is 5.81. The number of hydrogen-bond acceptors (Lipinski definition) is 6. The molecule has 18 heavy (non-hydrogen) atoms. The Morgan fingerprint density at radius 3 is 2.78 bits per heavy atom. The van der Waals surface area contributed by atoms with Crippen LogP contribution in [-0.2, 0) is 16.1 Å². The summed E-state index contributed by atoms with van der Waals surface area (Å²) in [7, 11) is 1.78. The van der Waals surface area contributed by atoms with Gasteiger partial charge in [-0.25, -0.2) is 9.97 Å². The highest BCUT2D eigenvalue weighted by Gasteiger charge is 2.04. The van der Waals surface area contributed by atoms with Gasteiger partial charge in [0, 0.05) is 32.7 Å². The summed E-state index contributed by atoms with van der Waals surface area (Å²) >= 11 is 0. The van der Waals surface area contributed by atoms with E-state index in [2.05, 4.69) is 20.6 Å². The van der Waals surface area contributed by atoms with E-state index in [-0.39, 0.29) is 12.3 Å². The van der Waals surface area contributed by atoms with E-state index >= 15 is 0 Å². The second kappa shape index (κ2) is 7.44. The van der Waals surface area contributed by atoms with E-state index < -0.39 is 0 Å². The molecule has 0 aliphatic rings. The first kappa shape index (κ1) is 14.2. The monoisotopic (exact) mass is 253 g/mol. The van der Waals surface area contributed by atoms with Crippen LogP contribution in [0.25, 0.3) is 0 Å². The number of carbonyl (C=O) groups excluding carboxylic acids is 1. The highest BCUT2D eigenvalue weighted by Crippen LogP contribution is 2.11. The molecule has 1 rings (SSSR count). The zero-order valence-electron chi connectivity index (χ0n) is 10.7. The zero-order chi connectivity index (χ0) is 13.4. The average Bonchev–Trinajstić information content (AvgIpc) is 2.35. The lowest BCUT2D eigenvalue weighted by atomic mass is 10.4. The van der Waals surface area contributed by atoms with E-state index in [0.717, 1.165) is 0 Å². The van der Waals surface area contributed by atoms with Crippen molar-refractivity contribution in [2.45, 2.75) is 20.0 Å². The molecule has 0 atom stereocenters. The second-order valence-electron chi connectivity index (χ2n) is 3.58. The molecule has 0 fully saturated rings. The number of primary amides is 1. The molecule has 4 N–H and O–H groups in total. The summed E-state index contributed by atoms with van der Waals surface area (Å²) < 4.78 is 5.26. The summed E-state index contributed by atoms with van der Waals surface area (Å²) in [6.45, 7) is 3.33. The third-order valence-electron chi connectivity index (χ3n) is 2.14. The Balaban J connectivity index is 2.67. The fourth-order valence-corrected chi connectivity index (χ4v) is 1.29. The summed E-state index contributed by atoms with van der Waals surface area (Å²) in [5.41, 5.74) is 5.06. The highest BCUT2D eigenvalue weighted by atomic mass is 16.5. The normalized spacial score (nSPS) is 10.1. The van der Waals surface area contributed by atoms with Gasteiger partial charge in [0.15, 0.2) is 5.82 Å². The number of nitrogens with two attached hydrogens (primary N) is 1. The minimum atomic E-state index is -0.347. The highest BCUT2D eigenvalue weighted by molar-refractivity contribution is 5.74. The van der Waals surface area contributed by atoms with Gasteiger partial charge in [-0.05, 0) is 6.92 Å². The SMILES string of the molecule is CCOCc1nc(NC)cc(NCCC(N)=O)n1. The van der Waals surface area contributed by atoms with Crippen LogP contribution in [0.3, 0.4) is 0 Å². The van der Waals surface area contributed by atoms with Crippen molar-refractivity contribution in [3.05, 3.63) is 11.9 Å². The Hall–Kier alpha value is -1.89. The molecule has 0 aromatic carbocycles. The number of anilines is 2. The molecule has 7 nitrogen and oxygen atoms in total. The average molecular weight is 253 g/mol. The maximum atomic E-state index is 10.6. The number of rotatable bonds is 8. The Labute approximate surface area is 106 Å². The van der Waals surface area contributed by atoms with Crippen LogP contribution in [0, 0.1) is 0 Å². The number of amides is 1. The summed E-state index contributed by atoms with van der Waals surface area (Å²) in [4.78, 5) is 19.2. The fraction of sp³-hybridized carbons (Fsp3) is 0.545. The summed E-state index contributed by atoms with van der Waals surface area (Å²) in [6.07, 6.45) is 0.264. The van der Waals surface area contributed by atoms with Crippen LogP contribution in [0.4, 0.5) is 11.6 Å². The van der Waals surface area contributed by atoms with E-state index in [4.69, 9.17) is 10.5 Å². The van der Waals surface area contributed by atoms with Gasteiger partial charge in [-0.2, -0.15) is 0 Å². The van der Waals surface area contributed by atoms with Crippen molar-refractivity contribution in [1.82, 2.24) is 9.97 Å². The lowest BCUT2D eigenvalue weighted by molar-refractivity contribution is -0.117. The third-order valence-corrected chi connectivity index (χ3v) is 2.14. The van der Waals surface area contributed by atoms with Crippen LogP contribution in [0.1, 0.15) is 19.2 Å². The molecular weight excluding hydrogens is 234 g/mol. The van der Waals surface area contributed by atoms with Crippen molar-refractivity contribution in [3.63, 3.8) is 0 Å². The largest absolute Gasteiger partial charge is 0.374 e. The maximum absolute atomic E-state index is 10.6. The second-order valence-corrected chi connectivity index (χ2v) is 3.58. The molecule has 0 saturated heterocycles. The minimum Gasteiger partial charge on any atom is -0.374 e. The Kier molecular flexibility index (Phi) is 5.86. The summed E-state index contributed by atoms with van der Waals surface area (Å²) in [6, 6.07) is 1.76. The molecule has 0 saturated carbocycles. The molecular formula is C11H19N5O2. The van der Waals surface area contributed by atoms with Crippen LogP contribution in [0.15, 0.2) is 6.07 Å². The molecule has 0 aliphatic heterocycles. The summed E-state index contributed by atoms with van der Waals surface area (Å²) in [5, 5.41) is 5.97. The van der Waals surface area contributed by atoms with Gasteiger partial charge < -0.3 is 21.1 Å². The molecule has 0 radical (unpaired) electrons. The maximum Gasteiger partial charge on any atom is 0.219 e. The van der Waals surface area contributed by atoms with E-state index in [0.29, 0.717) is 37.2 Å². The zero-order valence-corrected chi connectivity index (χ0v) is 10.7. The van der Waals surface area contributed by atoms with E-state index in [1.807, 2.05) is 6.92 Å². The van der Waals surface area contributed by atoms with Crippen molar-refractivity contribution < 1.29 is 9.53 Å². The van der Waals surface area contributed by atoms with E-state index in [1.165, 1.54) is 0 Å². The van der Waals surface area contributed by atoms with Crippen molar-refractivity contribution in [3.8, 4) is 0 Å². The fourth-order valence-electron chi connectivity index (χ4n) is 1.29. The van der Waals surface area contributed by atoms with Crippen molar-refractivity contribution >= 4 is 17.5 Å². The lowest BCUT2D eigenvalue weighted by Crippen LogP contribution is -2.16. The summed E-state index contributed by atoms with van der Waals surface area (Å²) in [5.74, 6) is 1.58. The predicted octanol–water partition coefficient (Wildman–Crippen LogP) is 0.342. The molecule has 1 aromatic rings. The molecule has 1 heterocycles. The molecule has 1 aromatic heterocycles. The van der Waals surface area contributed by atoms with Crippen LogP contribution in [-0.4, -0.2) is 36.1 Å². The molecule has 0 unspecified atom stereocenters. The van der Waals surface area contributed by atoms with E-state index in [9.17, 15) is 4.79 Å².